The molecule has 0 bridgehead atoms. The van der Waals surface area contributed by atoms with Crippen LogP contribution in [0.5, 0.6) is 5.88 Å². The van der Waals surface area contributed by atoms with Crippen LogP contribution in [-0.2, 0) is 17.4 Å². The highest BCUT2D eigenvalue weighted by Crippen LogP contribution is 2.33. The monoisotopic (exact) mass is 544 g/mol. The molecule has 0 saturated carbocycles. The van der Waals surface area contributed by atoms with E-state index in [-0.39, 0.29) is 24.1 Å². The average molecular weight is 545 g/mol. The topological polar surface area (TPSA) is 113 Å². The number of benzene rings is 2. The maximum Gasteiger partial charge on any atom is 0.418 e. The number of aromatic nitrogens is 4. The highest BCUT2D eigenvalue weighted by atomic mass is 32.1. The van der Waals surface area contributed by atoms with Crippen LogP contribution in [0.25, 0.3) is 11.0 Å². The van der Waals surface area contributed by atoms with Gasteiger partial charge in [0.05, 0.1) is 21.5 Å². The third-order valence-corrected chi connectivity index (χ3v) is 7.36. The number of ether oxygens (including phenoxy) is 1. The quantitative estimate of drug-likeness (QED) is 0.337. The number of piperidine rings is 1. The first-order valence-corrected chi connectivity index (χ1v) is 12.8. The number of aromatic amines is 1. The summed E-state index contributed by atoms with van der Waals surface area (Å²) >= 11 is 1.41. The van der Waals surface area contributed by atoms with Gasteiger partial charge in [-0.15, -0.1) is 16.4 Å². The molecule has 0 aliphatic carbocycles. The van der Waals surface area contributed by atoms with Gasteiger partial charge >= 0.3 is 12.3 Å². The molecule has 38 heavy (non-hydrogen) atoms. The number of carbonyl (C=O) groups is 2. The second kappa shape index (κ2) is 10.8. The standard InChI is InChI=1S/C25H23F3N6O3S/c26-25(27,28)17-4-1-15(2-5-17)3-8-22(35)34-11-9-16(10-12-34)23-30-21(14-38-23)37-24(36)29-18-6-7-19-20(13-18)32-33-31-19/h1-2,4-7,13-14,16H,3,8-12H2,(H,29,36)(H,31,32,33). The molecule has 1 saturated heterocycles. The smallest absolute Gasteiger partial charge is 0.390 e. The van der Waals surface area contributed by atoms with Crippen LogP contribution in [-0.4, -0.2) is 50.4 Å². The van der Waals surface area contributed by atoms with Gasteiger partial charge in [-0.25, -0.2) is 9.78 Å². The summed E-state index contributed by atoms with van der Waals surface area (Å²) in [6.45, 7) is 1.13. The molecule has 0 spiro atoms. The Morgan fingerprint density at radius 2 is 1.89 bits per heavy atom. The number of nitrogens with one attached hydrogen (secondary N) is 2. The lowest BCUT2D eigenvalue weighted by Gasteiger charge is -2.31. The van der Waals surface area contributed by atoms with Crippen LogP contribution in [0.3, 0.4) is 0 Å². The fourth-order valence-electron chi connectivity index (χ4n) is 4.31. The van der Waals surface area contributed by atoms with E-state index >= 15 is 0 Å². The molecular weight excluding hydrogens is 521 g/mol. The van der Waals surface area contributed by atoms with E-state index < -0.39 is 17.8 Å². The Kier molecular flexibility index (Phi) is 7.27. The van der Waals surface area contributed by atoms with Crippen molar-refractivity contribution >= 4 is 40.1 Å². The van der Waals surface area contributed by atoms with Crippen molar-refractivity contribution in [1.29, 1.82) is 0 Å². The zero-order valence-corrected chi connectivity index (χ0v) is 20.8. The van der Waals surface area contributed by atoms with Gasteiger partial charge in [0.1, 0.15) is 5.52 Å². The molecule has 1 fully saturated rings. The number of amides is 2. The summed E-state index contributed by atoms with van der Waals surface area (Å²) in [6.07, 6.45) is -2.96. The van der Waals surface area contributed by atoms with Crippen molar-refractivity contribution in [2.75, 3.05) is 18.4 Å². The molecule has 0 atom stereocenters. The molecule has 13 heteroatoms. The number of halogens is 3. The molecule has 4 aromatic rings. The molecule has 2 aromatic heterocycles. The lowest BCUT2D eigenvalue weighted by atomic mass is 9.97. The number of nitrogens with zero attached hydrogens (tertiary/aromatic N) is 4. The minimum absolute atomic E-state index is 0.0213. The fraction of sp³-hybridized carbons (Fsp3) is 0.320. The predicted molar refractivity (Wildman–Crippen MR) is 134 cm³/mol. The first-order chi connectivity index (χ1) is 18.2. The van der Waals surface area contributed by atoms with Crippen molar-refractivity contribution in [3.63, 3.8) is 0 Å². The Balaban J connectivity index is 1.07. The second-order valence-electron chi connectivity index (χ2n) is 8.93. The van der Waals surface area contributed by atoms with Crippen molar-refractivity contribution in [3.05, 3.63) is 64.0 Å². The number of H-pyrrole nitrogens is 1. The van der Waals surface area contributed by atoms with Gasteiger partial charge < -0.3 is 9.64 Å². The minimum atomic E-state index is -4.37. The molecule has 5 rings (SSSR count). The largest absolute Gasteiger partial charge is 0.418 e. The van der Waals surface area contributed by atoms with Gasteiger partial charge in [0, 0.05) is 31.1 Å². The van der Waals surface area contributed by atoms with Crippen LogP contribution >= 0.6 is 11.3 Å². The summed E-state index contributed by atoms with van der Waals surface area (Å²) in [6, 6.07) is 10.0. The number of alkyl halides is 3. The lowest BCUT2D eigenvalue weighted by Crippen LogP contribution is -2.38. The maximum atomic E-state index is 12.7. The van der Waals surface area contributed by atoms with Crippen LogP contribution in [0.15, 0.2) is 47.8 Å². The van der Waals surface area contributed by atoms with Gasteiger partial charge in [-0.2, -0.15) is 13.2 Å². The third-order valence-electron chi connectivity index (χ3n) is 6.38. The lowest BCUT2D eigenvalue weighted by molar-refractivity contribution is -0.137. The summed E-state index contributed by atoms with van der Waals surface area (Å²) in [4.78, 5) is 31.1. The summed E-state index contributed by atoms with van der Waals surface area (Å²) in [5, 5.41) is 15.5. The number of likely N-dealkylation sites (tertiary alicyclic amines) is 1. The summed E-state index contributed by atoms with van der Waals surface area (Å²) < 4.78 is 43.4. The molecule has 198 valence electrons. The first kappa shape index (κ1) is 25.6. The van der Waals surface area contributed by atoms with E-state index in [9.17, 15) is 22.8 Å². The molecule has 2 aromatic carbocycles. The van der Waals surface area contributed by atoms with Crippen LogP contribution in [0.4, 0.5) is 23.7 Å². The molecule has 0 unspecified atom stereocenters. The van der Waals surface area contributed by atoms with Crippen molar-refractivity contribution in [2.24, 2.45) is 0 Å². The van der Waals surface area contributed by atoms with Gasteiger partial charge in [-0.1, -0.05) is 17.3 Å². The molecule has 0 radical (unpaired) electrons. The Morgan fingerprint density at radius 3 is 2.63 bits per heavy atom. The first-order valence-electron chi connectivity index (χ1n) is 11.9. The fourth-order valence-corrected chi connectivity index (χ4v) is 5.20. The highest BCUT2D eigenvalue weighted by molar-refractivity contribution is 7.09. The van der Waals surface area contributed by atoms with Gasteiger partial charge in [0.2, 0.25) is 11.8 Å². The normalized spacial score (nSPS) is 14.6. The molecule has 2 N–H and O–H groups in total. The summed E-state index contributed by atoms with van der Waals surface area (Å²) in [5.74, 6) is 0.334. The van der Waals surface area contributed by atoms with Gasteiger partial charge in [0.25, 0.3) is 0 Å². The SMILES string of the molecule is O=C(Nc1ccc2[nH]nnc2c1)Oc1csc(C2CCN(C(=O)CCc3ccc(C(F)(F)F)cc3)CC2)n1. The Labute approximate surface area is 219 Å². The molecule has 2 amide bonds. The van der Waals surface area contributed by atoms with E-state index in [0.29, 0.717) is 36.3 Å². The number of hydrogen-bond donors (Lipinski definition) is 2. The third kappa shape index (κ3) is 6.10. The number of rotatable bonds is 6. The van der Waals surface area contributed by atoms with E-state index in [1.54, 1.807) is 28.5 Å². The molecule has 1 aliphatic heterocycles. The number of hydrogen-bond acceptors (Lipinski definition) is 7. The van der Waals surface area contributed by atoms with Gasteiger partial charge in [-0.05, 0) is 55.2 Å². The Hall–Kier alpha value is -4.00. The predicted octanol–water partition coefficient (Wildman–Crippen LogP) is 5.38. The van der Waals surface area contributed by atoms with Crippen molar-refractivity contribution in [3.8, 4) is 5.88 Å². The molecule has 9 nitrogen and oxygen atoms in total. The van der Waals surface area contributed by atoms with Crippen LogP contribution in [0.1, 0.15) is 41.3 Å². The van der Waals surface area contributed by atoms with Crippen molar-refractivity contribution < 1.29 is 27.5 Å². The molecule has 3 heterocycles. The van der Waals surface area contributed by atoms with E-state index in [1.165, 1.54) is 23.5 Å². The highest BCUT2D eigenvalue weighted by Gasteiger charge is 2.30. The van der Waals surface area contributed by atoms with Gasteiger partial charge in [0.15, 0.2) is 0 Å². The van der Waals surface area contributed by atoms with Crippen LogP contribution in [0, 0.1) is 0 Å². The van der Waals surface area contributed by atoms with E-state index in [2.05, 4.69) is 25.7 Å². The number of carbonyl (C=O) groups excluding carboxylic acids is 2. The van der Waals surface area contributed by atoms with Crippen LogP contribution < -0.4 is 10.1 Å². The van der Waals surface area contributed by atoms with E-state index in [0.717, 1.165) is 35.5 Å². The van der Waals surface area contributed by atoms with E-state index in [1.807, 2.05) is 0 Å². The number of anilines is 1. The summed E-state index contributed by atoms with van der Waals surface area (Å²) in [7, 11) is 0. The number of thiazole rings is 1. The number of aryl methyl sites for hydroxylation is 1. The molecule has 1 aliphatic rings. The minimum Gasteiger partial charge on any atom is -0.390 e. The summed E-state index contributed by atoms with van der Waals surface area (Å²) in [5.41, 5.74) is 1.88. The molecular formula is C25H23F3N6O3S. The Morgan fingerprint density at radius 1 is 1.13 bits per heavy atom. The zero-order valence-electron chi connectivity index (χ0n) is 20.0. The maximum absolute atomic E-state index is 12.7. The average Bonchev–Trinajstić information content (AvgIpc) is 3.56. The number of fused-ring (bicyclic) bond motifs is 1. The van der Waals surface area contributed by atoms with Gasteiger partial charge in [-0.3, -0.25) is 15.2 Å². The zero-order chi connectivity index (χ0) is 26.7. The Bertz CT molecular complexity index is 1430. The van der Waals surface area contributed by atoms with E-state index in [4.69, 9.17) is 4.74 Å². The van der Waals surface area contributed by atoms with Crippen molar-refractivity contribution in [1.82, 2.24) is 25.3 Å². The van der Waals surface area contributed by atoms with Crippen molar-refractivity contribution in [2.45, 2.75) is 37.8 Å². The van der Waals surface area contributed by atoms with Crippen LogP contribution in [0.2, 0.25) is 0 Å². The second-order valence-corrected chi connectivity index (χ2v) is 9.82.